The first-order valence-electron chi connectivity index (χ1n) is 7.39. The monoisotopic (exact) mass is 247 g/mol. The number of hydrogen-bond donors (Lipinski definition) is 1. The molecule has 0 amide bonds. The summed E-state index contributed by atoms with van der Waals surface area (Å²) in [5, 5.41) is 10.7. The molecule has 0 aliphatic heterocycles. The number of fused-ring (bicyclic) bond motifs is 1. The number of aryl methyl sites for hydroxylation is 1. The van der Waals surface area contributed by atoms with Crippen LogP contribution in [0.3, 0.4) is 0 Å². The van der Waals surface area contributed by atoms with Crippen LogP contribution in [0.2, 0.25) is 0 Å². The van der Waals surface area contributed by atoms with Crippen molar-refractivity contribution in [2.45, 2.75) is 64.4 Å². The molecule has 1 aliphatic carbocycles. The number of aliphatic hydroxyl groups is 1. The smallest absolute Gasteiger partial charge is 0.0652 e. The van der Waals surface area contributed by atoms with E-state index in [1.54, 1.807) is 0 Å². The molecule has 1 aromatic heterocycles. The number of pyridine rings is 1. The van der Waals surface area contributed by atoms with Gasteiger partial charge in [-0.15, -0.1) is 0 Å². The second-order valence-corrected chi connectivity index (χ2v) is 5.52. The van der Waals surface area contributed by atoms with Gasteiger partial charge in [-0.05, 0) is 43.2 Å². The molecule has 0 fully saturated rings. The minimum Gasteiger partial charge on any atom is -0.392 e. The summed E-state index contributed by atoms with van der Waals surface area (Å²) in [6, 6.07) is 4.16. The van der Waals surface area contributed by atoms with Gasteiger partial charge in [0.05, 0.1) is 6.10 Å². The molecule has 0 radical (unpaired) electrons. The van der Waals surface area contributed by atoms with Gasteiger partial charge in [-0.1, -0.05) is 32.8 Å². The van der Waals surface area contributed by atoms with Gasteiger partial charge >= 0.3 is 0 Å². The van der Waals surface area contributed by atoms with Crippen molar-refractivity contribution in [3.05, 3.63) is 29.6 Å². The summed E-state index contributed by atoms with van der Waals surface area (Å²) in [6.45, 7) is 4.41. The Kier molecular flexibility index (Phi) is 4.76. The SMILES string of the molecule is CCCC(CCC)C(O)C1CCc2cccnc21. The second-order valence-electron chi connectivity index (χ2n) is 5.52. The standard InChI is InChI=1S/C16H25NO/c1-3-6-13(7-4-2)16(18)14-10-9-12-8-5-11-17-15(12)14/h5,8,11,13-14,16,18H,3-4,6-7,9-10H2,1-2H3. The van der Waals surface area contributed by atoms with Gasteiger partial charge in [0.15, 0.2) is 0 Å². The maximum Gasteiger partial charge on any atom is 0.0652 e. The average Bonchev–Trinajstić information content (AvgIpc) is 2.81. The molecule has 100 valence electrons. The summed E-state index contributed by atoms with van der Waals surface area (Å²) in [5.41, 5.74) is 2.50. The van der Waals surface area contributed by atoms with Crippen LogP contribution in [0.25, 0.3) is 0 Å². The van der Waals surface area contributed by atoms with E-state index in [0.717, 1.165) is 44.2 Å². The number of nitrogens with zero attached hydrogens (tertiary/aromatic N) is 1. The fraction of sp³-hybridized carbons (Fsp3) is 0.688. The molecule has 0 bridgehead atoms. The molecular weight excluding hydrogens is 222 g/mol. The van der Waals surface area contributed by atoms with Crippen molar-refractivity contribution in [1.29, 1.82) is 0 Å². The molecular formula is C16H25NO. The normalized spacial score (nSPS) is 20.1. The van der Waals surface area contributed by atoms with E-state index in [4.69, 9.17) is 0 Å². The maximum atomic E-state index is 10.7. The highest BCUT2D eigenvalue weighted by Crippen LogP contribution is 2.38. The Bertz CT molecular complexity index is 371. The Labute approximate surface area is 110 Å². The first kappa shape index (κ1) is 13.5. The molecule has 0 saturated heterocycles. The Hall–Kier alpha value is -0.890. The van der Waals surface area contributed by atoms with Crippen LogP contribution >= 0.6 is 0 Å². The molecule has 1 N–H and O–H groups in total. The molecule has 2 heteroatoms. The van der Waals surface area contributed by atoms with Crippen molar-refractivity contribution in [3.8, 4) is 0 Å². The summed E-state index contributed by atoms with van der Waals surface area (Å²) < 4.78 is 0. The van der Waals surface area contributed by atoms with Gasteiger partial charge in [-0.3, -0.25) is 4.98 Å². The average molecular weight is 247 g/mol. The third-order valence-corrected chi connectivity index (χ3v) is 4.22. The Morgan fingerprint density at radius 1 is 1.33 bits per heavy atom. The summed E-state index contributed by atoms with van der Waals surface area (Å²) in [6.07, 6.45) is 8.38. The molecule has 2 nitrogen and oxygen atoms in total. The van der Waals surface area contributed by atoms with E-state index in [-0.39, 0.29) is 12.0 Å². The molecule has 0 spiro atoms. The minimum atomic E-state index is -0.207. The highest BCUT2D eigenvalue weighted by molar-refractivity contribution is 5.29. The van der Waals surface area contributed by atoms with E-state index < -0.39 is 0 Å². The van der Waals surface area contributed by atoms with Gasteiger partial charge in [-0.2, -0.15) is 0 Å². The number of aromatic nitrogens is 1. The van der Waals surface area contributed by atoms with Crippen LogP contribution in [0.5, 0.6) is 0 Å². The molecule has 2 unspecified atom stereocenters. The van der Waals surface area contributed by atoms with Gasteiger partial charge in [0.1, 0.15) is 0 Å². The van der Waals surface area contributed by atoms with Gasteiger partial charge in [0.25, 0.3) is 0 Å². The van der Waals surface area contributed by atoms with E-state index >= 15 is 0 Å². The Balaban J connectivity index is 2.11. The number of hydrogen-bond acceptors (Lipinski definition) is 2. The molecule has 18 heavy (non-hydrogen) atoms. The summed E-state index contributed by atoms with van der Waals surface area (Å²) in [7, 11) is 0. The highest BCUT2D eigenvalue weighted by atomic mass is 16.3. The summed E-state index contributed by atoms with van der Waals surface area (Å²) in [4.78, 5) is 4.50. The predicted octanol–water partition coefficient (Wildman–Crippen LogP) is 3.69. The molecule has 0 aromatic carbocycles. The third kappa shape index (κ3) is 2.74. The van der Waals surface area contributed by atoms with Crippen LogP contribution in [0, 0.1) is 5.92 Å². The maximum absolute atomic E-state index is 10.7. The third-order valence-electron chi connectivity index (χ3n) is 4.22. The molecule has 1 heterocycles. The highest BCUT2D eigenvalue weighted by Gasteiger charge is 2.33. The number of rotatable bonds is 6. The second kappa shape index (κ2) is 6.33. The molecule has 1 aliphatic rings. The van der Waals surface area contributed by atoms with Gasteiger partial charge < -0.3 is 5.11 Å². The minimum absolute atomic E-state index is 0.207. The van der Waals surface area contributed by atoms with Gasteiger partial charge in [0.2, 0.25) is 0 Å². The van der Waals surface area contributed by atoms with Crippen LogP contribution in [0.4, 0.5) is 0 Å². The lowest BCUT2D eigenvalue weighted by molar-refractivity contribution is 0.0691. The first-order valence-corrected chi connectivity index (χ1v) is 7.39. The van der Waals surface area contributed by atoms with E-state index in [0.29, 0.717) is 5.92 Å². The zero-order valence-corrected chi connectivity index (χ0v) is 11.6. The van der Waals surface area contributed by atoms with Crippen LogP contribution in [-0.2, 0) is 6.42 Å². The van der Waals surface area contributed by atoms with Gasteiger partial charge in [0, 0.05) is 17.8 Å². The van der Waals surface area contributed by atoms with Gasteiger partial charge in [-0.25, -0.2) is 0 Å². The van der Waals surface area contributed by atoms with Crippen LogP contribution in [-0.4, -0.2) is 16.2 Å². The fourth-order valence-electron chi connectivity index (χ4n) is 3.33. The lowest BCUT2D eigenvalue weighted by atomic mass is 9.83. The van der Waals surface area contributed by atoms with Crippen molar-refractivity contribution >= 4 is 0 Å². The van der Waals surface area contributed by atoms with Crippen molar-refractivity contribution in [1.82, 2.24) is 4.98 Å². The zero-order chi connectivity index (χ0) is 13.0. The Morgan fingerprint density at radius 3 is 2.72 bits per heavy atom. The van der Waals surface area contributed by atoms with E-state index in [1.807, 2.05) is 12.3 Å². The lowest BCUT2D eigenvalue weighted by Gasteiger charge is -2.27. The molecule has 0 saturated carbocycles. The van der Waals surface area contributed by atoms with E-state index in [2.05, 4.69) is 24.9 Å². The van der Waals surface area contributed by atoms with Crippen molar-refractivity contribution in [2.24, 2.45) is 5.92 Å². The Morgan fingerprint density at radius 2 is 2.06 bits per heavy atom. The number of aliphatic hydroxyl groups excluding tert-OH is 1. The van der Waals surface area contributed by atoms with Crippen LogP contribution in [0.1, 0.15) is 63.1 Å². The largest absolute Gasteiger partial charge is 0.392 e. The first-order chi connectivity index (χ1) is 8.77. The topological polar surface area (TPSA) is 33.1 Å². The fourth-order valence-corrected chi connectivity index (χ4v) is 3.33. The van der Waals surface area contributed by atoms with Crippen molar-refractivity contribution in [2.75, 3.05) is 0 Å². The molecule has 2 rings (SSSR count). The lowest BCUT2D eigenvalue weighted by Crippen LogP contribution is -2.27. The predicted molar refractivity (Wildman–Crippen MR) is 74.6 cm³/mol. The van der Waals surface area contributed by atoms with Crippen molar-refractivity contribution in [3.63, 3.8) is 0 Å². The van der Waals surface area contributed by atoms with E-state index in [9.17, 15) is 5.11 Å². The quantitative estimate of drug-likeness (QED) is 0.831. The van der Waals surface area contributed by atoms with E-state index in [1.165, 1.54) is 5.56 Å². The zero-order valence-electron chi connectivity index (χ0n) is 11.6. The summed E-state index contributed by atoms with van der Waals surface area (Å²) in [5.74, 6) is 0.710. The van der Waals surface area contributed by atoms with Crippen molar-refractivity contribution < 1.29 is 5.11 Å². The molecule has 2 atom stereocenters. The summed E-state index contributed by atoms with van der Waals surface area (Å²) >= 11 is 0. The van der Waals surface area contributed by atoms with Crippen LogP contribution < -0.4 is 0 Å². The van der Waals surface area contributed by atoms with Crippen LogP contribution in [0.15, 0.2) is 18.3 Å². The molecule has 1 aromatic rings.